The third-order valence-corrected chi connectivity index (χ3v) is 1.93. The smallest absolute Gasteiger partial charge is 0.222 e. The molecule has 0 fully saturated rings. The Bertz CT molecular complexity index is 358. The second kappa shape index (κ2) is 2.30. The molecule has 4 heteroatoms. The fraction of sp³-hybridized carbons (Fsp3) is 0. The molecule has 2 aliphatic heterocycles. The molecule has 0 saturated carbocycles. The van der Waals surface area contributed by atoms with Crippen molar-refractivity contribution < 1.29 is 4.39 Å². The third-order valence-electron chi connectivity index (χ3n) is 1.47. The SMILES string of the molecule is Fc1ncc2[nH]cc(Br)cc1-2. The number of nitrogens with zero attached hydrogens (tertiary/aromatic N) is 1. The second-order valence-corrected chi connectivity index (χ2v) is 3.11. The summed E-state index contributed by atoms with van der Waals surface area (Å²) < 4.78 is 13.6. The van der Waals surface area contributed by atoms with E-state index >= 15 is 0 Å². The maximum absolute atomic E-state index is 12.8. The lowest BCUT2D eigenvalue weighted by atomic mass is 10.2. The van der Waals surface area contributed by atoms with Gasteiger partial charge in [0.15, 0.2) is 0 Å². The summed E-state index contributed by atoms with van der Waals surface area (Å²) in [6.07, 6.45) is 3.21. The molecule has 0 aliphatic carbocycles. The van der Waals surface area contributed by atoms with E-state index in [1.807, 2.05) is 0 Å². The lowest BCUT2D eigenvalue weighted by molar-refractivity contribution is 0.595. The molecule has 0 radical (unpaired) electrons. The predicted octanol–water partition coefficient (Wildman–Crippen LogP) is 2.42. The highest BCUT2D eigenvalue weighted by Crippen LogP contribution is 2.24. The van der Waals surface area contributed by atoms with Crippen molar-refractivity contribution in [1.29, 1.82) is 0 Å². The first-order valence-corrected chi connectivity index (χ1v) is 3.85. The molecule has 0 spiro atoms. The molecular formula is C7H4BrFN2. The number of nitrogens with one attached hydrogen (secondary N) is 1. The highest BCUT2D eigenvalue weighted by atomic mass is 79.9. The van der Waals surface area contributed by atoms with Gasteiger partial charge in [0.2, 0.25) is 5.95 Å². The first-order chi connectivity index (χ1) is 5.27. The van der Waals surface area contributed by atoms with Gasteiger partial charge in [-0.2, -0.15) is 4.39 Å². The number of pyridine rings is 1. The Morgan fingerprint density at radius 1 is 1.55 bits per heavy atom. The Kier molecular flexibility index (Phi) is 1.42. The maximum Gasteiger partial charge on any atom is 0.222 e. The molecule has 0 bridgehead atoms. The highest BCUT2D eigenvalue weighted by Gasteiger charge is 2.10. The lowest BCUT2D eigenvalue weighted by Gasteiger charge is -1.97. The zero-order chi connectivity index (χ0) is 7.84. The van der Waals surface area contributed by atoms with Crippen molar-refractivity contribution in [3.05, 3.63) is 28.9 Å². The van der Waals surface area contributed by atoms with Crippen LogP contribution < -0.4 is 0 Å². The molecule has 0 amide bonds. The Morgan fingerprint density at radius 3 is 3.18 bits per heavy atom. The topological polar surface area (TPSA) is 28.7 Å². The van der Waals surface area contributed by atoms with Gasteiger partial charge in [-0.1, -0.05) is 0 Å². The van der Waals surface area contributed by atoms with E-state index in [0.717, 1.165) is 4.47 Å². The van der Waals surface area contributed by atoms with E-state index in [2.05, 4.69) is 25.9 Å². The Labute approximate surface area is 70.9 Å². The van der Waals surface area contributed by atoms with Gasteiger partial charge in [0.05, 0.1) is 17.5 Å². The number of hydrogen-bond acceptors (Lipinski definition) is 1. The van der Waals surface area contributed by atoms with Crippen LogP contribution in [0, 0.1) is 5.95 Å². The quantitative estimate of drug-likeness (QED) is 0.718. The van der Waals surface area contributed by atoms with Crippen molar-refractivity contribution in [2.75, 3.05) is 0 Å². The second-order valence-electron chi connectivity index (χ2n) is 2.19. The number of aromatic amines is 1. The minimum Gasteiger partial charge on any atom is -0.359 e. The summed E-state index contributed by atoms with van der Waals surface area (Å²) in [5.41, 5.74) is 1.23. The largest absolute Gasteiger partial charge is 0.359 e. The van der Waals surface area contributed by atoms with Crippen LogP contribution in [0.15, 0.2) is 22.9 Å². The van der Waals surface area contributed by atoms with Gasteiger partial charge < -0.3 is 4.98 Å². The predicted molar refractivity (Wildman–Crippen MR) is 42.9 cm³/mol. The molecule has 1 N–H and O–H groups in total. The van der Waals surface area contributed by atoms with E-state index in [9.17, 15) is 4.39 Å². The van der Waals surface area contributed by atoms with E-state index in [0.29, 0.717) is 11.3 Å². The van der Waals surface area contributed by atoms with E-state index in [-0.39, 0.29) is 0 Å². The van der Waals surface area contributed by atoms with Crippen molar-refractivity contribution >= 4 is 15.9 Å². The molecule has 0 unspecified atom stereocenters. The van der Waals surface area contributed by atoms with Crippen LogP contribution in [0.1, 0.15) is 0 Å². The molecule has 0 aromatic carbocycles. The molecule has 0 aromatic rings. The van der Waals surface area contributed by atoms with E-state index in [1.165, 1.54) is 6.20 Å². The molecule has 2 nitrogen and oxygen atoms in total. The van der Waals surface area contributed by atoms with Crippen LogP contribution in [-0.4, -0.2) is 9.97 Å². The third kappa shape index (κ3) is 1.03. The number of hydrogen-bond donors (Lipinski definition) is 1. The molecule has 56 valence electrons. The van der Waals surface area contributed by atoms with Gasteiger partial charge in [-0.05, 0) is 22.0 Å². The number of halogens is 2. The van der Waals surface area contributed by atoms with Crippen LogP contribution in [0.25, 0.3) is 11.3 Å². The fourth-order valence-corrected chi connectivity index (χ4v) is 1.29. The summed E-state index contributed by atoms with van der Waals surface area (Å²) in [6.45, 7) is 0. The first kappa shape index (κ1) is 6.79. The van der Waals surface area contributed by atoms with Crippen molar-refractivity contribution in [1.82, 2.24) is 9.97 Å². The van der Waals surface area contributed by atoms with Crippen LogP contribution in [0.3, 0.4) is 0 Å². The molecule has 0 atom stereocenters. The molecule has 2 heterocycles. The van der Waals surface area contributed by atoms with Gasteiger partial charge in [0.1, 0.15) is 0 Å². The van der Waals surface area contributed by atoms with Gasteiger partial charge in [-0.25, -0.2) is 4.98 Å². The fourth-order valence-electron chi connectivity index (χ4n) is 0.950. The molecule has 2 rings (SSSR count). The van der Waals surface area contributed by atoms with Crippen molar-refractivity contribution in [3.63, 3.8) is 0 Å². The molecular weight excluding hydrogens is 211 g/mol. The molecule has 11 heavy (non-hydrogen) atoms. The number of fused-ring (bicyclic) bond motifs is 1. The first-order valence-electron chi connectivity index (χ1n) is 3.05. The van der Waals surface area contributed by atoms with E-state index in [1.54, 1.807) is 12.3 Å². The Morgan fingerprint density at radius 2 is 2.36 bits per heavy atom. The van der Waals surface area contributed by atoms with E-state index in [4.69, 9.17) is 0 Å². The summed E-state index contributed by atoms with van der Waals surface area (Å²) in [6, 6.07) is 1.69. The van der Waals surface area contributed by atoms with Gasteiger partial charge in [-0.3, -0.25) is 0 Å². The van der Waals surface area contributed by atoms with Gasteiger partial charge >= 0.3 is 0 Å². The minimum atomic E-state index is -0.433. The van der Waals surface area contributed by atoms with Gasteiger partial charge in [0.25, 0.3) is 0 Å². The van der Waals surface area contributed by atoms with Crippen molar-refractivity contribution in [3.8, 4) is 11.3 Å². The summed E-state index contributed by atoms with van der Waals surface area (Å²) in [4.78, 5) is 6.41. The Balaban J connectivity index is 2.76. The van der Waals surface area contributed by atoms with Gasteiger partial charge in [0, 0.05) is 10.7 Å². The average molecular weight is 215 g/mol. The van der Waals surface area contributed by atoms with Crippen molar-refractivity contribution in [2.45, 2.75) is 0 Å². The normalized spacial score (nSPS) is 10.7. The van der Waals surface area contributed by atoms with E-state index < -0.39 is 5.95 Å². The lowest BCUT2D eigenvalue weighted by Crippen LogP contribution is -1.81. The monoisotopic (exact) mass is 214 g/mol. The molecule has 0 aromatic heterocycles. The molecule has 0 saturated heterocycles. The number of H-pyrrole nitrogens is 1. The summed E-state index contributed by atoms with van der Waals surface area (Å²) >= 11 is 3.23. The van der Waals surface area contributed by atoms with Crippen LogP contribution in [0.4, 0.5) is 4.39 Å². The zero-order valence-electron chi connectivity index (χ0n) is 5.44. The number of rotatable bonds is 0. The summed E-state index contributed by atoms with van der Waals surface area (Å²) in [5, 5.41) is 0. The summed E-state index contributed by atoms with van der Waals surface area (Å²) in [7, 11) is 0. The summed E-state index contributed by atoms with van der Waals surface area (Å²) in [5.74, 6) is -0.433. The standard InChI is InChI=1S/C7H4BrFN2/c8-4-1-5-6(10-2-4)3-11-7(5)9/h1-3,10H. The van der Waals surface area contributed by atoms with Crippen LogP contribution in [0.5, 0.6) is 0 Å². The van der Waals surface area contributed by atoms with Gasteiger partial charge in [-0.15, -0.1) is 0 Å². The molecule has 2 aliphatic rings. The minimum absolute atomic E-state index is 0.433. The number of aromatic nitrogens is 2. The average Bonchev–Trinajstić information content (AvgIpc) is 2.33. The zero-order valence-corrected chi connectivity index (χ0v) is 7.02. The highest BCUT2D eigenvalue weighted by molar-refractivity contribution is 9.10. The van der Waals surface area contributed by atoms with Crippen LogP contribution in [-0.2, 0) is 0 Å². The van der Waals surface area contributed by atoms with Crippen LogP contribution >= 0.6 is 15.9 Å². The maximum atomic E-state index is 12.8. The van der Waals surface area contributed by atoms with Crippen LogP contribution in [0.2, 0.25) is 0 Å². The Hall–Kier alpha value is -0.900. The van der Waals surface area contributed by atoms with Crippen molar-refractivity contribution in [2.24, 2.45) is 0 Å².